The highest BCUT2D eigenvalue weighted by molar-refractivity contribution is 6.35. The molecule has 0 unspecified atom stereocenters. The summed E-state index contributed by atoms with van der Waals surface area (Å²) in [5.74, 6) is 1.52. The molecular weight excluding hydrogens is 377 g/mol. The van der Waals surface area contributed by atoms with Gasteiger partial charge in [-0.2, -0.15) is 0 Å². The Balaban J connectivity index is 2.18. The van der Waals surface area contributed by atoms with Gasteiger partial charge >= 0.3 is 0 Å². The maximum absolute atomic E-state index is 12.6. The van der Waals surface area contributed by atoms with Crippen molar-refractivity contribution in [3.8, 4) is 17.2 Å². The summed E-state index contributed by atoms with van der Waals surface area (Å²) in [5, 5.41) is 1.01. The van der Waals surface area contributed by atoms with E-state index in [2.05, 4.69) is 0 Å². The van der Waals surface area contributed by atoms with Crippen molar-refractivity contribution in [3.63, 3.8) is 0 Å². The molecule has 2 rings (SSSR count). The van der Waals surface area contributed by atoms with Crippen LogP contribution in [-0.2, 0) is 17.8 Å². The maximum atomic E-state index is 12.6. The van der Waals surface area contributed by atoms with Crippen LogP contribution in [0.5, 0.6) is 17.2 Å². The number of halogens is 2. The van der Waals surface area contributed by atoms with Crippen LogP contribution in [-0.4, -0.2) is 39.2 Å². The summed E-state index contributed by atoms with van der Waals surface area (Å²) in [7, 11) is 6.38. The lowest BCUT2D eigenvalue weighted by Crippen LogP contribution is -2.28. The predicted molar refractivity (Wildman–Crippen MR) is 103 cm³/mol. The summed E-state index contributed by atoms with van der Waals surface area (Å²) in [4.78, 5) is 14.2. The molecular formula is C19H21Cl2NO4. The molecule has 0 saturated heterocycles. The van der Waals surface area contributed by atoms with Gasteiger partial charge in [0.05, 0.1) is 27.8 Å². The molecule has 0 fully saturated rings. The smallest absolute Gasteiger partial charge is 0.227 e. The molecule has 7 heteroatoms. The largest absolute Gasteiger partial charge is 0.493 e. The second-order valence-corrected chi connectivity index (χ2v) is 6.50. The summed E-state index contributed by atoms with van der Waals surface area (Å²) < 4.78 is 16.1. The topological polar surface area (TPSA) is 48.0 Å². The highest BCUT2D eigenvalue weighted by Gasteiger charge is 2.19. The first kappa shape index (κ1) is 20.2. The Kier molecular flexibility index (Phi) is 7.00. The zero-order valence-electron chi connectivity index (χ0n) is 15.1. The van der Waals surface area contributed by atoms with Crippen LogP contribution in [0.1, 0.15) is 11.1 Å². The molecule has 0 aliphatic carbocycles. The quantitative estimate of drug-likeness (QED) is 0.701. The van der Waals surface area contributed by atoms with Gasteiger partial charge in [0.1, 0.15) is 0 Å². The Morgan fingerprint density at radius 1 is 0.962 bits per heavy atom. The maximum Gasteiger partial charge on any atom is 0.227 e. The van der Waals surface area contributed by atoms with Gasteiger partial charge in [0, 0.05) is 29.2 Å². The minimum Gasteiger partial charge on any atom is -0.493 e. The number of hydrogen-bond acceptors (Lipinski definition) is 4. The fourth-order valence-electron chi connectivity index (χ4n) is 2.59. The molecule has 0 radical (unpaired) electrons. The average Bonchev–Trinajstić information content (AvgIpc) is 2.63. The number of amides is 1. The highest BCUT2D eigenvalue weighted by Crippen LogP contribution is 2.40. The van der Waals surface area contributed by atoms with E-state index in [0.717, 1.165) is 11.1 Å². The van der Waals surface area contributed by atoms with Gasteiger partial charge in [-0.25, -0.2) is 0 Å². The fourth-order valence-corrected chi connectivity index (χ4v) is 3.07. The SMILES string of the molecule is COc1ccc(CN(C)C(=O)Cc2ccc(Cl)cc2Cl)c(OC)c1OC. The molecule has 0 N–H and O–H groups in total. The molecule has 2 aromatic rings. The number of hydrogen-bond donors (Lipinski definition) is 0. The molecule has 1 amide bonds. The Morgan fingerprint density at radius 3 is 2.19 bits per heavy atom. The number of nitrogens with zero attached hydrogens (tertiary/aromatic N) is 1. The van der Waals surface area contributed by atoms with Gasteiger partial charge in [-0.15, -0.1) is 0 Å². The molecule has 0 saturated carbocycles. The summed E-state index contributed by atoms with van der Waals surface area (Å²) >= 11 is 12.0. The lowest BCUT2D eigenvalue weighted by molar-refractivity contribution is -0.129. The number of benzene rings is 2. The van der Waals surface area contributed by atoms with Gasteiger partial charge in [-0.3, -0.25) is 4.79 Å². The van der Waals surface area contributed by atoms with Crippen molar-refractivity contribution in [2.45, 2.75) is 13.0 Å². The Hall–Kier alpha value is -2.11. The number of carbonyl (C=O) groups excluding carboxylic acids is 1. The number of methoxy groups -OCH3 is 3. The zero-order valence-corrected chi connectivity index (χ0v) is 16.6. The molecule has 0 heterocycles. The average molecular weight is 398 g/mol. The van der Waals surface area contributed by atoms with E-state index in [0.29, 0.717) is 33.8 Å². The van der Waals surface area contributed by atoms with E-state index in [4.69, 9.17) is 37.4 Å². The van der Waals surface area contributed by atoms with Crippen LogP contribution in [0.2, 0.25) is 10.0 Å². The van der Waals surface area contributed by atoms with Gasteiger partial charge in [-0.1, -0.05) is 29.3 Å². The third-order valence-corrected chi connectivity index (χ3v) is 4.56. The van der Waals surface area contributed by atoms with Gasteiger partial charge in [0.2, 0.25) is 11.7 Å². The van der Waals surface area contributed by atoms with Crippen LogP contribution < -0.4 is 14.2 Å². The molecule has 140 valence electrons. The molecule has 0 atom stereocenters. The normalized spacial score (nSPS) is 10.4. The van der Waals surface area contributed by atoms with Crippen LogP contribution >= 0.6 is 23.2 Å². The van der Waals surface area contributed by atoms with Crippen LogP contribution in [0.4, 0.5) is 0 Å². The number of carbonyl (C=O) groups is 1. The van der Waals surface area contributed by atoms with Crippen molar-refractivity contribution < 1.29 is 19.0 Å². The van der Waals surface area contributed by atoms with Crippen LogP contribution in [0, 0.1) is 0 Å². The van der Waals surface area contributed by atoms with Crippen LogP contribution in [0.15, 0.2) is 30.3 Å². The van der Waals surface area contributed by atoms with E-state index in [1.165, 1.54) is 0 Å². The first-order valence-corrected chi connectivity index (χ1v) is 8.62. The van der Waals surface area contributed by atoms with Crippen molar-refractivity contribution in [2.24, 2.45) is 0 Å². The third-order valence-electron chi connectivity index (χ3n) is 3.98. The van der Waals surface area contributed by atoms with Gasteiger partial charge in [0.15, 0.2) is 11.5 Å². The molecule has 5 nitrogen and oxygen atoms in total. The van der Waals surface area contributed by atoms with Crippen molar-refractivity contribution in [1.29, 1.82) is 0 Å². The molecule has 0 bridgehead atoms. The fraction of sp³-hybridized carbons (Fsp3) is 0.316. The lowest BCUT2D eigenvalue weighted by Gasteiger charge is -2.21. The minimum atomic E-state index is -0.0777. The number of ether oxygens (including phenoxy) is 3. The lowest BCUT2D eigenvalue weighted by atomic mass is 10.1. The number of likely N-dealkylation sites (N-methyl/N-ethyl adjacent to an activating group) is 1. The molecule has 26 heavy (non-hydrogen) atoms. The highest BCUT2D eigenvalue weighted by atomic mass is 35.5. The minimum absolute atomic E-state index is 0.0777. The summed E-state index contributed by atoms with van der Waals surface area (Å²) in [5.41, 5.74) is 1.54. The van der Waals surface area contributed by atoms with E-state index < -0.39 is 0 Å². The molecule has 0 spiro atoms. The first-order chi connectivity index (χ1) is 12.4. The Labute approximate surface area is 163 Å². The van der Waals surface area contributed by atoms with Crippen molar-refractivity contribution in [2.75, 3.05) is 28.4 Å². The number of rotatable bonds is 7. The van der Waals surface area contributed by atoms with Gasteiger partial charge in [-0.05, 0) is 29.8 Å². The van der Waals surface area contributed by atoms with Gasteiger partial charge < -0.3 is 19.1 Å². The van der Waals surface area contributed by atoms with Crippen LogP contribution in [0.25, 0.3) is 0 Å². The summed E-state index contributed by atoms with van der Waals surface area (Å²) in [6.45, 7) is 0.355. The van der Waals surface area contributed by atoms with E-state index in [1.54, 1.807) is 57.5 Å². The second kappa shape index (κ2) is 9.01. The van der Waals surface area contributed by atoms with E-state index in [1.807, 2.05) is 6.07 Å². The standard InChI is InChI=1S/C19H21Cl2NO4/c1-22(17(23)9-12-5-7-14(20)10-15(12)21)11-13-6-8-16(24-2)19(26-4)18(13)25-3/h5-8,10H,9,11H2,1-4H3. The zero-order chi connectivity index (χ0) is 19.3. The molecule has 2 aromatic carbocycles. The molecule has 0 aliphatic heterocycles. The Bertz CT molecular complexity index is 795. The monoisotopic (exact) mass is 397 g/mol. The third kappa shape index (κ3) is 4.54. The summed E-state index contributed by atoms with van der Waals surface area (Å²) in [6, 6.07) is 8.73. The van der Waals surface area contributed by atoms with E-state index in [9.17, 15) is 4.79 Å². The predicted octanol–water partition coefficient (Wildman–Crippen LogP) is 4.22. The van der Waals surface area contributed by atoms with Crippen LogP contribution in [0.3, 0.4) is 0 Å². The first-order valence-electron chi connectivity index (χ1n) is 7.87. The van der Waals surface area contributed by atoms with Crippen molar-refractivity contribution in [1.82, 2.24) is 4.90 Å². The van der Waals surface area contributed by atoms with Gasteiger partial charge in [0.25, 0.3) is 0 Å². The van der Waals surface area contributed by atoms with Crippen molar-refractivity contribution in [3.05, 3.63) is 51.5 Å². The van der Waals surface area contributed by atoms with E-state index >= 15 is 0 Å². The molecule has 0 aromatic heterocycles. The molecule has 0 aliphatic rings. The Morgan fingerprint density at radius 2 is 1.62 bits per heavy atom. The second-order valence-electron chi connectivity index (χ2n) is 5.66. The summed E-state index contributed by atoms with van der Waals surface area (Å²) in [6.07, 6.45) is 0.183. The van der Waals surface area contributed by atoms with E-state index in [-0.39, 0.29) is 12.3 Å². The van der Waals surface area contributed by atoms with Crippen molar-refractivity contribution >= 4 is 29.1 Å².